The molecule has 0 saturated heterocycles. The highest BCUT2D eigenvalue weighted by molar-refractivity contribution is 6.06. The molecule has 0 saturated carbocycles. The smallest absolute Gasteiger partial charge is 0.239 e. The van der Waals surface area contributed by atoms with Gasteiger partial charge in [0.25, 0.3) is 0 Å². The summed E-state index contributed by atoms with van der Waals surface area (Å²) < 4.78 is 11.8. The van der Waals surface area contributed by atoms with Crippen LogP contribution in [0.2, 0.25) is 0 Å². The van der Waals surface area contributed by atoms with Crippen LogP contribution in [0, 0.1) is 13.8 Å². The maximum absolute atomic E-state index is 5.96. The van der Waals surface area contributed by atoms with Crippen molar-refractivity contribution in [3.63, 3.8) is 0 Å². The molecule has 1 aliphatic rings. The minimum absolute atomic E-state index is 0.569. The Balaban J connectivity index is 2.28. The van der Waals surface area contributed by atoms with Crippen LogP contribution in [0.15, 0.2) is 26.3 Å². The number of benzene rings is 1. The van der Waals surface area contributed by atoms with E-state index < -0.39 is 0 Å². The molecule has 3 aromatic rings. The van der Waals surface area contributed by atoms with Crippen molar-refractivity contribution in [1.82, 2.24) is 0 Å². The average Bonchev–Trinajstić information content (AvgIpc) is 2.88. The van der Waals surface area contributed by atoms with Crippen LogP contribution in [0.1, 0.15) is 35.1 Å². The van der Waals surface area contributed by atoms with Crippen molar-refractivity contribution in [2.75, 3.05) is 0 Å². The molecule has 4 rings (SSSR count). The van der Waals surface area contributed by atoms with Gasteiger partial charge < -0.3 is 14.7 Å². The van der Waals surface area contributed by atoms with E-state index in [9.17, 15) is 0 Å². The summed E-state index contributed by atoms with van der Waals surface area (Å²) in [7, 11) is 0. The number of nitrogens with two attached hydrogens (primary N) is 1. The molecule has 21 heavy (non-hydrogen) atoms. The van der Waals surface area contributed by atoms with E-state index in [0.717, 1.165) is 46.9 Å². The first-order valence-electron chi connectivity index (χ1n) is 7.40. The van der Waals surface area contributed by atoms with Gasteiger partial charge in [-0.2, -0.15) is 0 Å². The van der Waals surface area contributed by atoms with Gasteiger partial charge in [0, 0.05) is 10.9 Å². The summed E-state index contributed by atoms with van der Waals surface area (Å²) in [6.45, 7) is 4.16. The Kier molecular flexibility index (Phi) is 2.61. The van der Waals surface area contributed by atoms with E-state index in [2.05, 4.69) is 25.0 Å². The van der Waals surface area contributed by atoms with Crippen LogP contribution >= 0.6 is 0 Å². The predicted molar refractivity (Wildman–Crippen MR) is 81.9 cm³/mol. The van der Waals surface area contributed by atoms with Gasteiger partial charge in [-0.25, -0.2) is 0 Å². The maximum atomic E-state index is 5.96. The molecule has 2 aromatic heterocycles. The van der Waals surface area contributed by atoms with Crippen molar-refractivity contribution in [3.05, 3.63) is 40.1 Å². The fraction of sp³-hybridized carbons (Fsp3) is 0.353. The number of rotatable bonds is 0. The fourth-order valence-electron chi connectivity index (χ4n) is 3.62. The van der Waals surface area contributed by atoms with Gasteiger partial charge in [0.1, 0.15) is 11.2 Å². The summed E-state index contributed by atoms with van der Waals surface area (Å²) >= 11 is 0. The molecule has 0 amide bonds. The van der Waals surface area contributed by atoms with Crippen molar-refractivity contribution < 1.29 is 8.83 Å². The zero-order valence-electron chi connectivity index (χ0n) is 12.3. The number of hydrogen-bond donors (Lipinski definition) is 1. The molecule has 0 atom stereocenters. The first-order valence-corrected chi connectivity index (χ1v) is 7.40. The molecule has 1 aromatic carbocycles. The average molecular weight is 282 g/mol. The van der Waals surface area contributed by atoms with E-state index in [1.165, 1.54) is 22.9 Å². The van der Waals surface area contributed by atoms with Gasteiger partial charge in [-0.3, -0.25) is 0 Å². The van der Waals surface area contributed by atoms with Gasteiger partial charge >= 0.3 is 0 Å². The molecule has 0 unspecified atom stereocenters. The molecule has 0 bridgehead atoms. The van der Waals surface area contributed by atoms with Crippen molar-refractivity contribution >= 4 is 21.9 Å². The monoisotopic (exact) mass is 282 g/mol. The largest absolute Gasteiger partial charge is 0.463 e. The first-order chi connectivity index (χ1) is 10.2. The topological polar surface area (TPSA) is 64.7 Å². The summed E-state index contributed by atoms with van der Waals surface area (Å²) in [6.07, 6.45) is 6.17. The molecule has 0 radical (unpaired) electrons. The second-order valence-electron chi connectivity index (χ2n) is 5.89. The van der Waals surface area contributed by atoms with E-state index in [1.54, 1.807) is 0 Å². The molecule has 2 N–H and O–H groups in total. The van der Waals surface area contributed by atoms with Crippen LogP contribution in [0.25, 0.3) is 21.9 Å². The minimum atomic E-state index is 0.569. The van der Waals surface area contributed by atoms with Crippen molar-refractivity contribution in [2.24, 2.45) is 10.9 Å². The van der Waals surface area contributed by atoms with Gasteiger partial charge in [-0.05, 0) is 62.3 Å². The molecule has 4 heteroatoms. The Morgan fingerprint density at radius 2 is 1.81 bits per heavy atom. The number of furan rings is 1. The summed E-state index contributed by atoms with van der Waals surface area (Å²) in [5.74, 6) is 5.53. The molecular weight excluding hydrogens is 264 g/mol. The Hall–Kier alpha value is -2.23. The highest BCUT2D eigenvalue weighted by Crippen LogP contribution is 2.36. The third-order valence-corrected chi connectivity index (χ3v) is 4.54. The van der Waals surface area contributed by atoms with Gasteiger partial charge in [0.05, 0.1) is 11.6 Å². The third-order valence-electron chi connectivity index (χ3n) is 4.54. The van der Waals surface area contributed by atoms with E-state index >= 15 is 0 Å². The highest BCUT2D eigenvalue weighted by Gasteiger charge is 2.21. The summed E-state index contributed by atoms with van der Waals surface area (Å²) in [6, 6.07) is 2.07. The molecule has 1 aliphatic carbocycles. The van der Waals surface area contributed by atoms with Gasteiger partial charge in [-0.1, -0.05) is 0 Å². The van der Waals surface area contributed by atoms with Crippen LogP contribution in [-0.4, -0.2) is 0 Å². The molecule has 0 fully saturated rings. The Bertz CT molecular complexity index is 931. The number of hydrogen-bond acceptors (Lipinski definition) is 4. The Labute approximate surface area is 122 Å². The van der Waals surface area contributed by atoms with Gasteiger partial charge in [0.15, 0.2) is 0 Å². The lowest BCUT2D eigenvalue weighted by molar-refractivity contribution is 0.510. The van der Waals surface area contributed by atoms with Crippen molar-refractivity contribution in [2.45, 2.75) is 39.5 Å². The molecule has 2 heterocycles. The Morgan fingerprint density at radius 1 is 1.05 bits per heavy atom. The van der Waals surface area contributed by atoms with E-state index in [4.69, 9.17) is 14.7 Å². The van der Waals surface area contributed by atoms with E-state index in [-0.39, 0.29) is 0 Å². The molecule has 108 valence electrons. The number of nitrogens with zero attached hydrogens (tertiary/aromatic N) is 1. The molecule has 0 spiro atoms. The zero-order valence-corrected chi connectivity index (χ0v) is 12.3. The summed E-state index contributed by atoms with van der Waals surface area (Å²) in [5.41, 5.74) is 7.10. The van der Waals surface area contributed by atoms with Crippen molar-refractivity contribution in [3.8, 4) is 0 Å². The second kappa shape index (κ2) is 4.38. The van der Waals surface area contributed by atoms with Crippen LogP contribution in [0.4, 0.5) is 0 Å². The summed E-state index contributed by atoms with van der Waals surface area (Å²) in [4.78, 5) is 0. The summed E-state index contributed by atoms with van der Waals surface area (Å²) in [5, 5.41) is 6.15. The molecule has 4 nitrogen and oxygen atoms in total. The maximum Gasteiger partial charge on any atom is 0.239 e. The molecule has 0 aliphatic heterocycles. The van der Waals surface area contributed by atoms with Crippen LogP contribution < -0.4 is 11.4 Å². The zero-order chi connectivity index (χ0) is 14.6. The Morgan fingerprint density at radius 3 is 2.57 bits per heavy atom. The predicted octanol–water partition coefficient (Wildman–Crippen LogP) is 3.45. The number of fused-ring (bicyclic) bond motifs is 5. The lowest BCUT2D eigenvalue weighted by Crippen LogP contribution is -2.19. The third kappa shape index (κ3) is 1.65. The lowest BCUT2D eigenvalue weighted by atomic mass is 9.89. The number of aryl methyl sites for hydroxylation is 3. The standard InChI is InChI=1S/C17H18N2O2/c1-9-7-13-15(16-14(9)10(2)8-20-16)11-5-3-4-6-12(11)17(19-18)21-13/h7-8H,3-6,18H2,1-2H3/b19-17+. The van der Waals surface area contributed by atoms with Crippen molar-refractivity contribution in [1.29, 1.82) is 0 Å². The minimum Gasteiger partial charge on any atom is -0.463 e. The lowest BCUT2D eigenvalue weighted by Gasteiger charge is -2.17. The van der Waals surface area contributed by atoms with Gasteiger partial charge in [0.2, 0.25) is 5.55 Å². The van der Waals surface area contributed by atoms with Crippen LogP contribution in [0.5, 0.6) is 0 Å². The first kappa shape index (κ1) is 12.5. The quantitative estimate of drug-likeness (QED) is 0.507. The van der Waals surface area contributed by atoms with E-state index in [0.29, 0.717) is 5.55 Å². The van der Waals surface area contributed by atoms with Crippen LogP contribution in [0.3, 0.4) is 0 Å². The van der Waals surface area contributed by atoms with Gasteiger partial charge in [-0.15, -0.1) is 5.10 Å². The molecular formula is C17H18N2O2. The normalized spacial score (nSPS) is 15.8. The second-order valence-corrected chi connectivity index (χ2v) is 5.89. The van der Waals surface area contributed by atoms with Crippen LogP contribution in [-0.2, 0) is 12.8 Å². The highest BCUT2D eigenvalue weighted by atomic mass is 16.3. The fourth-order valence-corrected chi connectivity index (χ4v) is 3.62. The SMILES string of the molecule is Cc1coc2c1c(C)cc1o/c(=N/N)c3c(c12)CCCC3. The van der Waals surface area contributed by atoms with E-state index in [1.807, 2.05) is 6.26 Å².